The molecule has 8 unspecified atom stereocenters. The Morgan fingerprint density at radius 3 is 1.25 bits per heavy atom. The lowest BCUT2D eigenvalue weighted by atomic mass is 9.99. The van der Waals surface area contributed by atoms with Gasteiger partial charge in [0.25, 0.3) is 0 Å². The molecular weight excluding hydrogens is 1050 g/mol. The zero-order chi connectivity index (χ0) is 61.0. The lowest BCUT2D eigenvalue weighted by molar-refractivity contribution is -0.305. The lowest BCUT2D eigenvalue weighted by Crippen LogP contribution is -2.61. The fourth-order valence-electron chi connectivity index (χ4n) is 11.3. The summed E-state index contributed by atoms with van der Waals surface area (Å²) < 4.78 is 17.7. The number of esters is 1. The number of carbonyl (C=O) groups excluding carboxylic acids is 2. The monoisotopic (exact) mass is 1190 g/mol. The normalized spacial score (nSPS) is 18.7. The maximum atomic E-state index is 13.5. The van der Waals surface area contributed by atoms with Gasteiger partial charge in [-0.1, -0.05) is 320 Å². The molecular formula is C73H135NO10. The quantitative estimate of drug-likeness (QED) is 0.0195. The number of aliphatic hydroxyl groups excluding tert-OH is 5. The number of hydrogen-bond acceptors (Lipinski definition) is 10. The van der Waals surface area contributed by atoms with E-state index in [1.807, 2.05) is 6.08 Å². The van der Waals surface area contributed by atoms with Gasteiger partial charge in [0.1, 0.15) is 24.4 Å². The highest BCUT2D eigenvalue weighted by atomic mass is 16.7. The molecule has 1 amide bonds. The summed E-state index contributed by atoms with van der Waals surface area (Å²) in [6.07, 6.45) is 65.8. The van der Waals surface area contributed by atoms with Crippen molar-refractivity contribution in [1.29, 1.82) is 0 Å². The van der Waals surface area contributed by atoms with E-state index in [4.69, 9.17) is 14.2 Å². The fraction of sp³-hybridized carbons (Fsp3) is 0.863. The number of nitrogens with one attached hydrogen (secondary N) is 1. The molecule has 1 saturated heterocycles. The van der Waals surface area contributed by atoms with E-state index in [2.05, 4.69) is 62.5 Å². The average molecular weight is 1190 g/mol. The molecule has 1 heterocycles. The first kappa shape index (κ1) is 79.6. The van der Waals surface area contributed by atoms with E-state index < -0.39 is 67.4 Å². The first-order chi connectivity index (χ1) is 41.2. The number of unbranched alkanes of at least 4 members (excludes halogenated alkanes) is 42. The van der Waals surface area contributed by atoms with Crippen LogP contribution in [-0.2, 0) is 23.8 Å². The van der Waals surface area contributed by atoms with Crippen LogP contribution in [-0.4, -0.2) is 99.6 Å². The summed E-state index contributed by atoms with van der Waals surface area (Å²) in [5, 5.41) is 57.2. The van der Waals surface area contributed by atoms with Gasteiger partial charge in [0.15, 0.2) is 12.4 Å². The van der Waals surface area contributed by atoms with Gasteiger partial charge in [-0.25, -0.2) is 0 Å². The summed E-state index contributed by atoms with van der Waals surface area (Å²) in [5.41, 5.74) is 0. The molecule has 0 spiro atoms. The van der Waals surface area contributed by atoms with E-state index in [1.54, 1.807) is 6.08 Å². The van der Waals surface area contributed by atoms with Gasteiger partial charge in [0, 0.05) is 6.42 Å². The van der Waals surface area contributed by atoms with E-state index in [0.29, 0.717) is 12.8 Å². The number of aliphatic hydroxyl groups is 5. The van der Waals surface area contributed by atoms with Crippen LogP contribution in [0.15, 0.2) is 48.6 Å². The molecule has 492 valence electrons. The first-order valence-corrected chi connectivity index (χ1v) is 35.9. The van der Waals surface area contributed by atoms with Crippen molar-refractivity contribution in [1.82, 2.24) is 5.32 Å². The predicted molar refractivity (Wildman–Crippen MR) is 352 cm³/mol. The number of carbonyl (C=O) groups is 2. The lowest BCUT2D eigenvalue weighted by Gasteiger charge is -2.41. The third kappa shape index (κ3) is 47.7. The van der Waals surface area contributed by atoms with Crippen LogP contribution in [0.5, 0.6) is 0 Å². The number of amides is 1. The topological polar surface area (TPSA) is 175 Å². The van der Waals surface area contributed by atoms with Crippen LogP contribution in [0.1, 0.15) is 342 Å². The molecule has 0 aliphatic carbocycles. The Hall–Kier alpha value is -2.38. The molecule has 1 aliphatic heterocycles. The van der Waals surface area contributed by atoms with Crippen LogP contribution in [0.3, 0.4) is 0 Å². The Morgan fingerprint density at radius 1 is 0.464 bits per heavy atom. The largest absolute Gasteiger partial charge is 0.454 e. The molecule has 6 N–H and O–H groups in total. The number of rotatable bonds is 62. The van der Waals surface area contributed by atoms with Crippen molar-refractivity contribution < 1.29 is 49.3 Å². The van der Waals surface area contributed by atoms with Crippen molar-refractivity contribution in [3.05, 3.63) is 48.6 Å². The Balaban J connectivity index is 2.57. The van der Waals surface area contributed by atoms with Crippen molar-refractivity contribution in [3.8, 4) is 0 Å². The average Bonchev–Trinajstić information content (AvgIpc) is 3.55. The van der Waals surface area contributed by atoms with Crippen LogP contribution in [0, 0.1) is 0 Å². The molecule has 1 fully saturated rings. The van der Waals surface area contributed by atoms with Crippen LogP contribution in [0.2, 0.25) is 0 Å². The second-order valence-corrected chi connectivity index (χ2v) is 25.0. The number of allylic oxidation sites excluding steroid dienone is 7. The van der Waals surface area contributed by atoms with Gasteiger partial charge in [-0.15, -0.1) is 0 Å². The summed E-state index contributed by atoms with van der Waals surface area (Å²) in [6, 6.07) is -1.03. The molecule has 0 aromatic rings. The molecule has 0 saturated carbocycles. The molecule has 0 aromatic carbocycles. The molecule has 84 heavy (non-hydrogen) atoms. The Morgan fingerprint density at radius 2 is 0.821 bits per heavy atom. The summed E-state index contributed by atoms with van der Waals surface area (Å²) in [7, 11) is 0. The summed E-state index contributed by atoms with van der Waals surface area (Å²) in [5.74, 6) is -1.18. The van der Waals surface area contributed by atoms with Crippen molar-refractivity contribution in [3.63, 3.8) is 0 Å². The third-order valence-corrected chi connectivity index (χ3v) is 17.0. The van der Waals surface area contributed by atoms with Crippen molar-refractivity contribution >= 4 is 11.9 Å². The van der Waals surface area contributed by atoms with Gasteiger partial charge >= 0.3 is 5.97 Å². The van der Waals surface area contributed by atoms with Gasteiger partial charge in [0.2, 0.25) is 5.91 Å². The van der Waals surface area contributed by atoms with E-state index in [9.17, 15) is 35.1 Å². The van der Waals surface area contributed by atoms with E-state index in [-0.39, 0.29) is 19.4 Å². The second kappa shape index (κ2) is 60.9. The molecule has 1 aliphatic rings. The highest BCUT2D eigenvalue weighted by Gasteiger charge is 2.47. The number of hydrogen-bond donors (Lipinski definition) is 6. The van der Waals surface area contributed by atoms with Gasteiger partial charge < -0.3 is 45.1 Å². The molecule has 0 bridgehead atoms. The van der Waals surface area contributed by atoms with Crippen molar-refractivity contribution in [2.45, 2.75) is 391 Å². The third-order valence-electron chi connectivity index (χ3n) is 17.0. The smallest absolute Gasteiger partial charge is 0.306 e. The second-order valence-electron chi connectivity index (χ2n) is 25.0. The minimum Gasteiger partial charge on any atom is -0.454 e. The van der Waals surface area contributed by atoms with Gasteiger partial charge in [-0.3, -0.25) is 9.59 Å². The summed E-state index contributed by atoms with van der Waals surface area (Å²) >= 11 is 0. The maximum Gasteiger partial charge on any atom is 0.306 e. The summed E-state index contributed by atoms with van der Waals surface area (Å²) in [4.78, 5) is 26.7. The Bertz CT molecular complexity index is 1550. The van der Waals surface area contributed by atoms with Gasteiger partial charge in [-0.05, 0) is 64.2 Å². The van der Waals surface area contributed by atoms with Gasteiger partial charge in [0.05, 0.1) is 25.4 Å². The summed E-state index contributed by atoms with van der Waals surface area (Å²) in [6.45, 7) is 5.81. The van der Waals surface area contributed by atoms with E-state index in [1.165, 1.54) is 218 Å². The maximum absolute atomic E-state index is 13.5. The van der Waals surface area contributed by atoms with Crippen LogP contribution in [0.25, 0.3) is 0 Å². The SMILES string of the molecule is CCCCC/C=C\C/C=C\C/C=C\CCCCCCCCCCCC(O)C(=O)NC(COC1OC(CO)C(O)C(O)C1OC(=O)CCCCCCCCCCCCCCCCCCCCCCC)C(O)/C=C/CCCCCCCCCCCC. The van der Waals surface area contributed by atoms with E-state index >= 15 is 0 Å². The predicted octanol–water partition coefficient (Wildman–Crippen LogP) is 18.3. The molecule has 8 atom stereocenters. The van der Waals surface area contributed by atoms with Crippen LogP contribution in [0.4, 0.5) is 0 Å². The minimum atomic E-state index is -1.61. The van der Waals surface area contributed by atoms with Gasteiger partial charge in [-0.2, -0.15) is 0 Å². The zero-order valence-electron chi connectivity index (χ0n) is 54.8. The standard InChI is InChI=1S/C73H135NO10/c1-4-7-10-13-16-19-22-25-27-29-31-33-35-36-38-40-42-45-48-51-54-57-60-66(77)72(81)74-64(65(76)59-56-53-50-47-44-24-21-18-15-12-9-6-3)63-82-73-71(70(80)69(79)67(62-75)83-73)84-68(78)61-58-55-52-49-46-43-41-39-37-34-32-30-28-26-23-20-17-14-11-8-5-2/h16,19,25,27,31,33,56,59,64-67,69-71,73,75-77,79-80H,4-15,17-18,20-24,26,28-30,32,34-55,57-58,60-63H2,1-3H3,(H,74,81)/b19-16-,27-25-,33-31-,59-56+. The minimum absolute atomic E-state index is 0.128. The fourth-order valence-corrected chi connectivity index (χ4v) is 11.3. The molecule has 11 nitrogen and oxygen atoms in total. The highest BCUT2D eigenvalue weighted by Crippen LogP contribution is 2.26. The van der Waals surface area contributed by atoms with Crippen LogP contribution >= 0.6 is 0 Å². The Kier molecular flexibility index (Phi) is 57.7. The Labute approximate surface area is 516 Å². The van der Waals surface area contributed by atoms with Crippen molar-refractivity contribution in [2.24, 2.45) is 0 Å². The number of ether oxygens (including phenoxy) is 3. The molecule has 1 rings (SSSR count). The first-order valence-electron chi connectivity index (χ1n) is 35.9. The highest BCUT2D eigenvalue weighted by molar-refractivity contribution is 5.80. The van der Waals surface area contributed by atoms with Crippen molar-refractivity contribution in [2.75, 3.05) is 13.2 Å². The molecule has 11 heteroatoms. The van der Waals surface area contributed by atoms with Crippen LogP contribution < -0.4 is 5.32 Å². The molecule has 0 aromatic heterocycles. The van der Waals surface area contributed by atoms with E-state index in [0.717, 1.165) is 77.0 Å². The zero-order valence-corrected chi connectivity index (χ0v) is 54.8. The molecule has 0 radical (unpaired) electrons.